The molecule has 2 aromatic rings. The van der Waals surface area contributed by atoms with Crippen LogP contribution >= 0.6 is 15.9 Å². The lowest BCUT2D eigenvalue weighted by Crippen LogP contribution is -2.18. The van der Waals surface area contributed by atoms with Crippen molar-refractivity contribution >= 4 is 27.5 Å². The molecule has 1 aromatic carbocycles. The van der Waals surface area contributed by atoms with Gasteiger partial charge in [0.15, 0.2) is 0 Å². The van der Waals surface area contributed by atoms with E-state index in [-0.39, 0.29) is 5.91 Å². The monoisotopic (exact) mass is 350 g/mol. The third-order valence-corrected chi connectivity index (χ3v) is 3.65. The molecule has 0 saturated carbocycles. The van der Waals surface area contributed by atoms with Crippen molar-refractivity contribution in [3.63, 3.8) is 0 Å². The SMILES string of the molecule is CCCn1cc(Br)cc1C(=O)Nc1ccccc1C(C)O. The van der Waals surface area contributed by atoms with Crippen LogP contribution in [0.15, 0.2) is 41.0 Å². The van der Waals surface area contributed by atoms with Gasteiger partial charge in [-0.15, -0.1) is 0 Å². The van der Waals surface area contributed by atoms with Crippen LogP contribution < -0.4 is 5.32 Å². The standard InChI is InChI=1S/C16H19BrN2O2/c1-3-8-19-10-12(17)9-15(19)16(21)18-14-7-5-4-6-13(14)11(2)20/h4-7,9-11,20H,3,8H2,1-2H3,(H,18,21). The molecule has 1 unspecified atom stereocenters. The number of carbonyl (C=O) groups excluding carboxylic acids is 1. The van der Waals surface area contributed by atoms with E-state index in [0.29, 0.717) is 16.9 Å². The summed E-state index contributed by atoms with van der Waals surface area (Å²) in [4.78, 5) is 12.5. The fraction of sp³-hybridized carbons (Fsp3) is 0.312. The van der Waals surface area contributed by atoms with E-state index >= 15 is 0 Å². The van der Waals surface area contributed by atoms with Crippen LogP contribution in [0.3, 0.4) is 0 Å². The number of hydrogen-bond donors (Lipinski definition) is 2. The van der Waals surface area contributed by atoms with E-state index in [0.717, 1.165) is 17.4 Å². The number of nitrogens with one attached hydrogen (secondary N) is 1. The highest BCUT2D eigenvalue weighted by Crippen LogP contribution is 2.23. The quantitative estimate of drug-likeness (QED) is 0.857. The average Bonchev–Trinajstić information content (AvgIpc) is 2.80. The number of para-hydroxylation sites is 1. The van der Waals surface area contributed by atoms with Crippen molar-refractivity contribution in [3.05, 3.63) is 52.3 Å². The zero-order valence-electron chi connectivity index (χ0n) is 12.1. The van der Waals surface area contributed by atoms with Crippen molar-refractivity contribution in [1.29, 1.82) is 0 Å². The maximum atomic E-state index is 12.5. The first-order valence-corrected chi connectivity index (χ1v) is 7.76. The van der Waals surface area contributed by atoms with Crippen LogP contribution in [-0.2, 0) is 6.54 Å². The van der Waals surface area contributed by atoms with Gasteiger partial charge in [0.2, 0.25) is 0 Å². The number of aliphatic hydroxyl groups is 1. The third kappa shape index (κ3) is 3.74. The Kier molecular flexibility index (Phi) is 5.20. The van der Waals surface area contributed by atoms with Crippen LogP contribution in [0, 0.1) is 0 Å². The Balaban J connectivity index is 2.26. The molecule has 4 nitrogen and oxygen atoms in total. The molecule has 5 heteroatoms. The number of carbonyl (C=O) groups is 1. The molecule has 0 aliphatic rings. The number of aliphatic hydroxyl groups excluding tert-OH is 1. The number of rotatable bonds is 5. The Morgan fingerprint density at radius 1 is 1.43 bits per heavy atom. The maximum Gasteiger partial charge on any atom is 0.272 e. The molecule has 0 fully saturated rings. The van der Waals surface area contributed by atoms with Crippen LogP contribution in [0.5, 0.6) is 0 Å². The van der Waals surface area contributed by atoms with Gasteiger partial charge in [0.25, 0.3) is 5.91 Å². The normalized spacial score (nSPS) is 12.2. The molecule has 0 spiro atoms. The summed E-state index contributed by atoms with van der Waals surface area (Å²) in [6.45, 7) is 4.53. The molecule has 1 aromatic heterocycles. The second-order valence-electron chi connectivity index (χ2n) is 4.95. The molecule has 112 valence electrons. The van der Waals surface area contributed by atoms with Gasteiger partial charge in [0.1, 0.15) is 5.69 Å². The molecule has 2 N–H and O–H groups in total. The van der Waals surface area contributed by atoms with Crippen LogP contribution in [0.25, 0.3) is 0 Å². The largest absolute Gasteiger partial charge is 0.389 e. The van der Waals surface area contributed by atoms with E-state index in [1.807, 2.05) is 22.9 Å². The van der Waals surface area contributed by atoms with Crippen LogP contribution in [-0.4, -0.2) is 15.6 Å². The molecule has 1 amide bonds. The van der Waals surface area contributed by atoms with E-state index in [1.54, 1.807) is 25.1 Å². The lowest BCUT2D eigenvalue weighted by molar-refractivity contribution is 0.101. The van der Waals surface area contributed by atoms with Gasteiger partial charge in [-0.25, -0.2) is 0 Å². The number of amides is 1. The Morgan fingerprint density at radius 2 is 2.14 bits per heavy atom. The summed E-state index contributed by atoms with van der Waals surface area (Å²) in [6, 6.07) is 9.08. The molecule has 0 bridgehead atoms. The summed E-state index contributed by atoms with van der Waals surface area (Å²) in [6.07, 6.45) is 2.22. The summed E-state index contributed by atoms with van der Waals surface area (Å²) in [5, 5.41) is 12.6. The fourth-order valence-electron chi connectivity index (χ4n) is 2.25. The van der Waals surface area contributed by atoms with Gasteiger partial charge in [0.05, 0.1) is 6.10 Å². The topological polar surface area (TPSA) is 54.3 Å². The minimum atomic E-state index is -0.629. The Bertz CT molecular complexity index is 635. The summed E-state index contributed by atoms with van der Waals surface area (Å²) < 4.78 is 2.80. The van der Waals surface area contributed by atoms with Gasteiger partial charge in [-0.2, -0.15) is 0 Å². The number of aryl methyl sites for hydroxylation is 1. The minimum Gasteiger partial charge on any atom is -0.389 e. The number of nitrogens with zero attached hydrogens (tertiary/aromatic N) is 1. The predicted octanol–water partition coefficient (Wildman–Crippen LogP) is 3.97. The Labute approximate surface area is 132 Å². The Hall–Kier alpha value is -1.59. The van der Waals surface area contributed by atoms with E-state index in [9.17, 15) is 9.90 Å². The van der Waals surface area contributed by atoms with E-state index in [2.05, 4.69) is 28.2 Å². The lowest BCUT2D eigenvalue weighted by Gasteiger charge is -2.14. The van der Waals surface area contributed by atoms with Gasteiger partial charge in [0, 0.05) is 28.5 Å². The van der Waals surface area contributed by atoms with Gasteiger partial charge >= 0.3 is 0 Å². The molecule has 21 heavy (non-hydrogen) atoms. The zero-order valence-corrected chi connectivity index (χ0v) is 13.7. The fourth-order valence-corrected chi connectivity index (χ4v) is 2.72. The zero-order chi connectivity index (χ0) is 15.4. The predicted molar refractivity (Wildman–Crippen MR) is 87.5 cm³/mol. The molecule has 1 heterocycles. The van der Waals surface area contributed by atoms with Gasteiger partial charge in [-0.1, -0.05) is 25.1 Å². The third-order valence-electron chi connectivity index (χ3n) is 3.22. The molecule has 1 atom stereocenters. The molecular formula is C16H19BrN2O2. The lowest BCUT2D eigenvalue weighted by atomic mass is 10.1. The van der Waals surface area contributed by atoms with Crippen molar-refractivity contribution in [2.75, 3.05) is 5.32 Å². The van der Waals surface area contributed by atoms with Gasteiger partial charge < -0.3 is 15.0 Å². The van der Waals surface area contributed by atoms with Crippen LogP contribution in [0.2, 0.25) is 0 Å². The van der Waals surface area contributed by atoms with E-state index in [4.69, 9.17) is 0 Å². The highest BCUT2D eigenvalue weighted by molar-refractivity contribution is 9.10. The highest BCUT2D eigenvalue weighted by atomic mass is 79.9. The highest BCUT2D eigenvalue weighted by Gasteiger charge is 2.15. The van der Waals surface area contributed by atoms with Crippen LogP contribution in [0.4, 0.5) is 5.69 Å². The molecule has 0 aliphatic carbocycles. The number of hydrogen-bond acceptors (Lipinski definition) is 2. The summed E-state index contributed by atoms with van der Waals surface area (Å²) in [7, 11) is 0. The first kappa shape index (κ1) is 15.8. The average molecular weight is 351 g/mol. The van der Waals surface area contributed by atoms with Crippen molar-refractivity contribution in [1.82, 2.24) is 4.57 Å². The number of halogens is 1. The molecule has 2 rings (SSSR count). The van der Waals surface area contributed by atoms with Crippen molar-refractivity contribution < 1.29 is 9.90 Å². The minimum absolute atomic E-state index is 0.178. The summed E-state index contributed by atoms with van der Waals surface area (Å²) in [5.41, 5.74) is 1.94. The molecular weight excluding hydrogens is 332 g/mol. The number of aromatic nitrogens is 1. The molecule has 0 saturated heterocycles. The smallest absolute Gasteiger partial charge is 0.272 e. The molecule has 0 aliphatic heterocycles. The first-order valence-electron chi connectivity index (χ1n) is 6.97. The number of benzene rings is 1. The van der Waals surface area contributed by atoms with Crippen molar-refractivity contribution in [3.8, 4) is 0 Å². The summed E-state index contributed by atoms with van der Waals surface area (Å²) in [5.74, 6) is -0.178. The van der Waals surface area contributed by atoms with Crippen molar-refractivity contribution in [2.45, 2.75) is 32.9 Å². The van der Waals surface area contributed by atoms with E-state index < -0.39 is 6.10 Å². The second kappa shape index (κ2) is 6.91. The van der Waals surface area contributed by atoms with Gasteiger partial charge in [-0.3, -0.25) is 4.79 Å². The van der Waals surface area contributed by atoms with Crippen LogP contribution in [0.1, 0.15) is 42.4 Å². The summed E-state index contributed by atoms with van der Waals surface area (Å²) >= 11 is 3.40. The van der Waals surface area contributed by atoms with Gasteiger partial charge in [-0.05, 0) is 41.4 Å². The molecule has 0 radical (unpaired) electrons. The Morgan fingerprint density at radius 3 is 2.81 bits per heavy atom. The van der Waals surface area contributed by atoms with Crippen molar-refractivity contribution in [2.24, 2.45) is 0 Å². The van der Waals surface area contributed by atoms with E-state index in [1.165, 1.54) is 0 Å². The first-order chi connectivity index (χ1) is 10.0. The second-order valence-corrected chi connectivity index (χ2v) is 5.87. The number of anilines is 1. The maximum absolute atomic E-state index is 12.5.